The van der Waals surface area contributed by atoms with Crippen molar-refractivity contribution in [1.29, 1.82) is 0 Å². The topological polar surface area (TPSA) is 278 Å². The third-order valence-electron chi connectivity index (χ3n) is 6.70. The zero-order valence-corrected chi connectivity index (χ0v) is 26.1. The Bertz CT molecular complexity index is 1170. The molecule has 0 aromatic carbocycles. The van der Waals surface area contributed by atoms with Crippen LogP contribution in [0.15, 0.2) is 0 Å². The Hall–Kier alpha value is -4.42. The van der Waals surface area contributed by atoms with Crippen LogP contribution in [0.5, 0.6) is 0 Å². The van der Waals surface area contributed by atoms with Crippen molar-refractivity contribution in [3.63, 3.8) is 0 Å². The lowest BCUT2D eigenvalue weighted by Crippen LogP contribution is -2.60. The normalized spacial score (nSPS) is 17.6. The second-order valence-electron chi connectivity index (χ2n) is 10.7. The summed E-state index contributed by atoms with van der Waals surface area (Å²) in [5.41, 5.74) is 0. The Morgan fingerprint density at radius 3 is 1.76 bits per heavy atom. The fourth-order valence-corrected chi connectivity index (χ4v) is 4.64. The quantitative estimate of drug-likeness (QED) is 0.0709. The number of thiol groups is 1. The van der Waals surface area contributed by atoms with Crippen LogP contribution < -0.4 is 26.6 Å². The second-order valence-corrected chi connectivity index (χ2v) is 11.1. The van der Waals surface area contributed by atoms with Crippen LogP contribution in [0, 0.1) is 5.92 Å². The Kier molecular flexibility index (Phi) is 15.2. The summed E-state index contributed by atoms with van der Waals surface area (Å²) < 4.78 is 0. The molecule has 18 nitrogen and oxygen atoms in total. The van der Waals surface area contributed by atoms with Crippen molar-refractivity contribution in [2.24, 2.45) is 5.92 Å². The summed E-state index contributed by atoms with van der Waals surface area (Å²) in [6, 6.07) is -8.19. The van der Waals surface area contributed by atoms with Crippen LogP contribution in [-0.2, 0) is 43.2 Å². The first-order chi connectivity index (χ1) is 20.9. The molecule has 0 aliphatic carbocycles. The van der Waals surface area contributed by atoms with E-state index < -0.39 is 108 Å². The van der Waals surface area contributed by atoms with Crippen LogP contribution in [0.2, 0.25) is 0 Å². The molecule has 0 spiro atoms. The minimum absolute atomic E-state index is 0.166. The van der Waals surface area contributed by atoms with Gasteiger partial charge in [-0.25, -0.2) is 4.79 Å². The minimum Gasteiger partial charge on any atom is -0.481 e. The van der Waals surface area contributed by atoms with Gasteiger partial charge in [0.05, 0.1) is 12.8 Å². The zero-order chi connectivity index (χ0) is 34.6. The van der Waals surface area contributed by atoms with Crippen molar-refractivity contribution >= 4 is 66.0 Å². The second kappa shape index (κ2) is 17.8. The number of carboxylic acids is 3. The molecule has 1 heterocycles. The van der Waals surface area contributed by atoms with E-state index in [-0.39, 0.29) is 18.7 Å². The van der Waals surface area contributed by atoms with Gasteiger partial charge in [-0.1, -0.05) is 13.8 Å². The fraction of sp³-hybridized carbons (Fsp3) is 0.654. The molecule has 0 saturated carbocycles. The van der Waals surface area contributed by atoms with E-state index in [1.807, 2.05) is 0 Å². The van der Waals surface area contributed by atoms with Crippen molar-refractivity contribution in [3.05, 3.63) is 0 Å². The molecule has 6 amide bonds. The van der Waals surface area contributed by atoms with Gasteiger partial charge in [0.25, 0.3) is 0 Å². The van der Waals surface area contributed by atoms with E-state index in [1.165, 1.54) is 11.8 Å². The standard InChI is InChI=1S/C26H40N6O12S/c1-11(2)20(25(42)32-7-5-6-17(32)24(41)30-16(10-45)26(43)44)31-21(38)12(3)27-22(39)15(9-19(36)37)29-23(40)14(8-18(34)35)28-13(4)33/h11-12,14-17,20,45H,5-10H2,1-4H3,(H,27,39)(H,28,33)(H,29,40)(H,30,41)(H,31,38)(H,34,35)(H,36,37)(H,43,44)/t12-,14-,15-,16-,17-,20-/m0/s1. The predicted molar refractivity (Wildman–Crippen MR) is 157 cm³/mol. The molecule has 252 valence electrons. The van der Waals surface area contributed by atoms with Crippen LogP contribution in [0.25, 0.3) is 0 Å². The van der Waals surface area contributed by atoms with Gasteiger partial charge in [0.2, 0.25) is 35.4 Å². The highest BCUT2D eigenvalue weighted by atomic mass is 32.1. The molecule has 0 aromatic rings. The Labute approximate surface area is 263 Å². The molecule has 0 radical (unpaired) electrons. The molecule has 0 aromatic heterocycles. The van der Waals surface area contributed by atoms with Crippen LogP contribution in [0.4, 0.5) is 0 Å². The van der Waals surface area contributed by atoms with E-state index in [9.17, 15) is 53.4 Å². The first-order valence-corrected chi connectivity index (χ1v) is 14.6. The molecule has 6 atom stereocenters. The summed E-state index contributed by atoms with van der Waals surface area (Å²) in [5.74, 6) is -10.1. The number of hydrogen-bond donors (Lipinski definition) is 9. The van der Waals surface area contributed by atoms with Gasteiger partial charge >= 0.3 is 17.9 Å². The lowest BCUT2D eigenvalue weighted by atomic mass is 10.0. The Balaban J connectivity index is 3.01. The number of carbonyl (C=O) groups is 9. The summed E-state index contributed by atoms with van der Waals surface area (Å²) in [6.07, 6.45) is -1.11. The van der Waals surface area contributed by atoms with Gasteiger partial charge in [0.15, 0.2) is 0 Å². The van der Waals surface area contributed by atoms with Crippen molar-refractivity contribution in [1.82, 2.24) is 31.5 Å². The highest BCUT2D eigenvalue weighted by Crippen LogP contribution is 2.21. The molecule has 1 fully saturated rings. The molecule has 19 heteroatoms. The largest absolute Gasteiger partial charge is 0.481 e. The Morgan fingerprint density at radius 2 is 1.29 bits per heavy atom. The van der Waals surface area contributed by atoms with E-state index >= 15 is 0 Å². The third kappa shape index (κ3) is 12.2. The smallest absolute Gasteiger partial charge is 0.327 e. The van der Waals surface area contributed by atoms with Crippen LogP contribution in [0.1, 0.15) is 53.4 Å². The average Bonchev–Trinajstić information content (AvgIpc) is 3.42. The van der Waals surface area contributed by atoms with Crippen molar-refractivity contribution in [3.8, 4) is 0 Å². The first-order valence-electron chi connectivity index (χ1n) is 14.0. The zero-order valence-electron chi connectivity index (χ0n) is 25.2. The number of amides is 6. The minimum atomic E-state index is -1.77. The molecule has 1 saturated heterocycles. The van der Waals surface area contributed by atoms with Crippen molar-refractivity contribution in [2.75, 3.05) is 12.3 Å². The number of aliphatic carboxylic acids is 3. The lowest BCUT2D eigenvalue weighted by molar-refractivity contribution is -0.145. The summed E-state index contributed by atoms with van der Waals surface area (Å²) in [7, 11) is 0. The van der Waals surface area contributed by atoms with Gasteiger partial charge in [-0.15, -0.1) is 0 Å². The fourth-order valence-electron chi connectivity index (χ4n) is 4.39. The highest BCUT2D eigenvalue weighted by molar-refractivity contribution is 7.80. The van der Waals surface area contributed by atoms with Gasteiger partial charge in [-0.05, 0) is 25.7 Å². The van der Waals surface area contributed by atoms with E-state index in [0.29, 0.717) is 6.42 Å². The number of rotatable bonds is 17. The predicted octanol–water partition coefficient (Wildman–Crippen LogP) is -2.94. The van der Waals surface area contributed by atoms with Crippen molar-refractivity contribution in [2.45, 2.75) is 89.6 Å². The molecular weight excluding hydrogens is 620 g/mol. The van der Waals surface area contributed by atoms with Gasteiger partial charge in [0, 0.05) is 19.2 Å². The molecule has 1 aliphatic heterocycles. The van der Waals surface area contributed by atoms with Crippen LogP contribution in [0.3, 0.4) is 0 Å². The summed E-state index contributed by atoms with van der Waals surface area (Å²) in [4.78, 5) is 111. The number of carbonyl (C=O) groups excluding carboxylic acids is 6. The van der Waals surface area contributed by atoms with Crippen molar-refractivity contribution < 1.29 is 58.5 Å². The highest BCUT2D eigenvalue weighted by Gasteiger charge is 2.40. The Morgan fingerprint density at radius 1 is 0.756 bits per heavy atom. The monoisotopic (exact) mass is 660 g/mol. The van der Waals surface area contributed by atoms with Gasteiger partial charge in [-0.2, -0.15) is 12.6 Å². The van der Waals surface area contributed by atoms with Gasteiger partial charge < -0.3 is 46.8 Å². The van der Waals surface area contributed by atoms with E-state index in [2.05, 4.69) is 39.2 Å². The summed E-state index contributed by atoms with van der Waals surface area (Å²) >= 11 is 3.91. The maximum atomic E-state index is 13.5. The average molecular weight is 661 g/mol. The molecule has 1 rings (SSSR count). The first kappa shape index (κ1) is 38.6. The van der Waals surface area contributed by atoms with Crippen LogP contribution >= 0.6 is 12.6 Å². The number of likely N-dealkylation sites (tertiary alicyclic amines) is 1. The van der Waals surface area contributed by atoms with E-state index in [4.69, 9.17) is 5.11 Å². The number of hydrogen-bond acceptors (Lipinski definition) is 10. The molecule has 45 heavy (non-hydrogen) atoms. The maximum absolute atomic E-state index is 13.5. The van der Waals surface area contributed by atoms with E-state index in [0.717, 1.165) is 6.92 Å². The lowest BCUT2D eigenvalue weighted by Gasteiger charge is -2.31. The molecule has 8 N–H and O–H groups in total. The van der Waals surface area contributed by atoms with Gasteiger partial charge in [0.1, 0.15) is 36.3 Å². The maximum Gasteiger partial charge on any atom is 0.327 e. The van der Waals surface area contributed by atoms with E-state index in [1.54, 1.807) is 13.8 Å². The summed E-state index contributed by atoms with van der Waals surface area (Å²) in [6.45, 7) is 5.67. The molecule has 0 bridgehead atoms. The van der Waals surface area contributed by atoms with Gasteiger partial charge in [-0.3, -0.25) is 38.4 Å². The molecular formula is C26H40N6O12S. The number of nitrogens with one attached hydrogen (secondary N) is 5. The number of carboxylic acid groups (broad SMARTS) is 3. The third-order valence-corrected chi connectivity index (χ3v) is 7.07. The molecule has 1 aliphatic rings. The SMILES string of the molecule is CC(=O)N[C@@H](CC(=O)O)C(=O)N[C@@H](CC(=O)O)C(=O)N[C@@H](C)C(=O)N[C@H](C(=O)N1CCC[C@H]1C(=O)N[C@@H](CS)C(=O)O)C(C)C. The van der Waals surface area contributed by atoms with Crippen LogP contribution in [-0.4, -0.2) is 122 Å². The molecule has 0 unspecified atom stereocenters. The summed E-state index contributed by atoms with van der Waals surface area (Å²) in [5, 5.41) is 38.7. The number of nitrogens with zero attached hydrogens (tertiary/aromatic N) is 1.